The first-order valence-corrected chi connectivity index (χ1v) is 13.2. The van der Waals surface area contributed by atoms with Crippen molar-refractivity contribution in [3.05, 3.63) is 57.0 Å². The van der Waals surface area contributed by atoms with Crippen LogP contribution < -0.4 is 16.0 Å². The number of piperidine rings is 2. The highest BCUT2D eigenvalue weighted by Crippen LogP contribution is 2.34. The molecule has 0 aliphatic carbocycles. The average molecular weight is 538 g/mol. The molecule has 2 fully saturated rings. The summed E-state index contributed by atoms with van der Waals surface area (Å²) in [6.07, 6.45) is 3.16. The molecule has 0 saturated carbocycles. The number of rotatable bonds is 6. The second kappa shape index (κ2) is 11.3. The number of amides is 2. The van der Waals surface area contributed by atoms with E-state index in [4.69, 9.17) is 40.5 Å². The number of nitrogens with two attached hydrogens (primary N) is 1. The number of carbonyl (C=O) groups excluding carboxylic acids is 2. The molecule has 0 spiro atoms. The molecule has 1 unspecified atom stereocenters. The third-order valence-electron chi connectivity index (χ3n) is 7.10. The van der Waals surface area contributed by atoms with Crippen molar-refractivity contribution < 1.29 is 9.59 Å². The molecule has 188 valence electrons. The van der Waals surface area contributed by atoms with Gasteiger partial charge in [0, 0.05) is 47.8 Å². The Morgan fingerprint density at radius 1 is 0.971 bits per heavy atom. The van der Waals surface area contributed by atoms with Crippen LogP contribution in [0.3, 0.4) is 0 Å². The van der Waals surface area contributed by atoms with E-state index in [0.717, 1.165) is 55.7 Å². The minimum atomic E-state index is -0.308. The SMILES string of the molecule is C[C@@H](Nc1cc(N2CCC(C(=O)N3CCCC(C(N)=O)C3)CC2)ccc1Cl)c1ccc(Cl)cc1Cl. The van der Waals surface area contributed by atoms with E-state index in [1.807, 2.05) is 42.2 Å². The summed E-state index contributed by atoms with van der Waals surface area (Å²) in [5.41, 5.74) is 8.30. The van der Waals surface area contributed by atoms with E-state index < -0.39 is 0 Å². The summed E-state index contributed by atoms with van der Waals surface area (Å²) >= 11 is 18.9. The Balaban J connectivity index is 1.38. The van der Waals surface area contributed by atoms with Gasteiger partial charge < -0.3 is 20.9 Å². The first kappa shape index (κ1) is 25.9. The lowest BCUT2D eigenvalue weighted by atomic mass is 9.92. The van der Waals surface area contributed by atoms with Crippen LogP contribution in [0.2, 0.25) is 15.1 Å². The summed E-state index contributed by atoms with van der Waals surface area (Å²) in [7, 11) is 0. The number of hydrogen-bond donors (Lipinski definition) is 2. The van der Waals surface area contributed by atoms with Crippen LogP contribution in [0.25, 0.3) is 0 Å². The average Bonchev–Trinajstić information content (AvgIpc) is 2.85. The Hall–Kier alpha value is -2.15. The number of hydrogen-bond acceptors (Lipinski definition) is 4. The van der Waals surface area contributed by atoms with Crippen LogP contribution >= 0.6 is 34.8 Å². The monoisotopic (exact) mass is 536 g/mol. The zero-order valence-corrected chi connectivity index (χ0v) is 22.0. The maximum Gasteiger partial charge on any atom is 0.225 e. The fourth-order valence-electron chi connectivity index (χ4n) is 5.04. The van der Waals surface area contributed by atoms with E-state index >= 15 is 0 Å². The predicted molar refractivity (Wildman–Crippen MR) is 143 cm³/mol. The Labute approximate surface area is 221 Å². The van der Waals surface area contributed by atoms with Gasteiger partial charge in [-0.2, -0.15) is 0 Å². The lowest BCUT2D eigenvalue weighted by Gasteiger charge is -2.38. The summed E-state index contributed by atoms with van der Waals surface area (Å²) in [5.74, 6) is -0.396. The van der Waals surface area contributed by atoms with Crippen molar-refractivity contribution in [2.24, 2.45) is 17.6 Å². The topological polar surface area (TPSA) is 78.7 Å². The molecule has 2 aromatic carbocycles. The van der Waals surface area contributed by atoms with Gasteiger partial charge in [-0.05, 0) is 68.5 Å². The standard InChI is InChI=1S/C26H31Cl3N4O2/c1-16(21-6-4-19(27)13-23(21)29)31-24-14-20(5-7-22(24)28)32-11-8-17(9-12-32)26(35)33-10-2-3-18(15-33)25(30)34/h4-7,13-14,16-18,31H,2-3,8-12,15H2,1H3,(H2,30,34)/t16-,18?/m1/s1. The molecule has 0 aromatic heterocycles. The molecule has 0 bridgehead atoms. The largest absolute Gasteiger partial charge is 0.377 e. The lowest BCUT2D eigenvalue weighted by molar-refractivity contribution is -0.139. The van der Waals surface area contributed by atoms with Crippen molar-refractivity contribution >= 4 is 58.0 Å². The number of nitrogens with one attached hydrogen (secondary N) is 1. The molecule has 2 aliphatic heterocycles. The molecule has 0 radical (unpaired) electrons. The van der Waals surface area contributed by atoms with Crippen LogP contribution in [0.1, 0.15) is 44.2 Å². The summed E-state index contributed by atoms with van der Waals surface area (Å²) < 4.78 is 0. The molecule has 6 nitrogen and oxygen atoms in total. The number of carbonyl (C=O) groups is 2. The number of halogens is 3. The quantitative estimate of drug-likeness (QED) is 0.491. The smallest absolute Gasteiger partial charge is 0.225 e. The van der Waals surface area contributed by atoms with Crippen molar-refractivity contribution in [1.82, 2.24) is 4.90 Å². The number of nitrogens with zero attached hydrogens (tertiary/aromatic N) is 2. The fraction of sp³-hybridized carbons (Fsp3) is 0.462. The Bertz CT molecular complexity index is 1090. The van der Waals surface area contributed by atoms with Crippen molar-refractivity contribution in [2.75, 3.05) is 36.4 Å². The van der Waals surface area contributed by atoms with Gasteiger partial charge in [0.1, 0.15) is 0 Å². The van der Waals surface area contributed by atoms with Crippen LogP contribution in [0, 0.1) is 11.8 Å². The van der Waals surface area contributed by atoms with Gasteiger partial charge in [0.2, 0.25) is 11.8 Å². The van der Waals surface area contributed by atoms with E-state index in [0.29, 0.717) is 28.2 Å². The summed E-state index contributed by atoms with van der Waals surface area (Å²) in [5, 5.41) is 5.30. The normalized spacial score (nSPS) is 19.9. The molecule has 2 aliphatic rings. The molecule has 9 heteroatoms. The van der Waals surface area contributed by atoms with Crippen LogP contribution in [-0.4, -0.2) is 42.9 Å². The highest BCUT2D eigenvalue weighted by atomic mass is 35.5. The molecular formula is C26H31Cl3N4O2. The molecule has 2 saturated heterocycles. The molecular weight excluding hydrogens is 507 g/mol. The third kappa shape index (κ3) is 6.16. The van der Waals surface area contributed by atoms with Gasteiger partial charge in [-0.25, -0.2) is 0 Å². The first-order valence-electron chi connectivity index (χ1n) is 12.1. The second-order valence-electron chi connectivity index (χ2n) is 9.48. The van der Waals surface area contributed by atoms with E-state index in [1.165, 1.54) is 0 Å². The number of primary amides is 1. The van der Waals surface area contributed by atoms with Crippen molar-refractivity contribution in [2.45, 2.75) is 38.6 Å². The third-order valence-corrected chi connectivity index (χ3v) is 7.99. The van der Waals surface area contributed by atoms with Crippen molar-refractivity contribution in [3.8, 4) is 0 Å². The van der Waals surface area contributed by atoms with Gasteiger partial charge in [0.25, 0.3) is 0 Å². The van der Waals surface area contributed by atoms with Crippen LogP contribution in [-0.2, 0) is 9.59 Å². The fourth-order valence-corrected chi connectivity index (χ4v) is 5.78. The van der Waals surface area contributed by atoms with Crippen LogP contribution in [0.15, 0.2) is 36.4 Å². The van der Waals surface area contributed by atoms with E-state index in [-0.39, 0.29) is 29.7 Å². The Kier molecular flexibility index (Phi) is 8.35. The first-order chi connectivity index (χ1) is 16.7. The second-order valence-corrected chi connectivity index (χ2v) is 10.7. The van der Waals surface area contributed by atoms with Gasteiger partial charge in [-0.3, -0.25) is 9.59 Å². The Morgan fingerprint density at radius 3 is 2.40 bits per heavy atom. The summed E-state index contributed by atoms with van der Waals surface area (Å²) in [6.45, 7) is 4.76. The molecule has 2 aromatic rings. The molecule has 35 heavy (non-hydrogen) atoms. The van der Waals surface area contributed by atoms with Gasteiger partial charge in [-0.15, -0.1) is 0 Å². The van der Waals surface area contributed by atoms with Gasteiger partial charge in [0.05, 0.1) is 22.7 Å². The van der Waals surface area contributed by atoms with Gasteiger partial charge in [0.15, 0.2) is 0 Å². The van der Waals surface area contributed by atoms with E-state index in [9.17, 15) is 9.59 Å². The highest BCUT2D eigenvalue weighted by Gasteiger charge is 2.33. The number of likely N-dealkylation sites (tertiary alicyclic amines) is 1. The predicted octanol–water partition coefficient (Wildman–Crippen LogP) is 5.76. The van der Waals surface area contributed by atoms with Gasteiger partial charge in [-0.1, -0.05) is 40.9 Å². The minimum Gasteiger partial charge on any atom is -0.377 e. The van der Waals surface area contributed by atoms with Gasteiger partial charge >= 0.3 is 0 Å². The van der Waals surface area contributed by atoms with Crippen molar-refractivity contribution in [1.29, 1.82) is 0 Å². The van der Waals surface area contributed by atoms with Crippen LogP contribution in [0.5, 0.6) is 0 Å². The number of benzene rings is 2. The molecule has 3 N–H and O–H groups in total. The van der Waals surface area contributed by atoms with E-state index in [1.54, 1.807) is 6.07 Å². The molecule has 2 heterocycles. The molecule has 2 atom stereocenters. The molecule has 4 rings (SSSR count). The maximum atomic E-state index is 13.1. The van der Waals surface area contributed by atoms with Crippen molar-refractivity contribution in [3.63, 3.8) is 0 Å². The Morgan fingerprint density at radius 2 is 1.71 bits per heavy atom. The number of anilines is 2. The zero-order valence-electron chi connectivity index (χ0n) is 19.8. The molecule has 2 amide bonds. The van der Waals surface area contributed by atoms with Crippen LogP contribution in [0.4, 0.5) is 11.4 Å². The summed E-state index contributed by atoms with van der Waals surface area (Å²) in [6, 6.07) is 11.4. The maximum absolute atomic E-state index is 13.1. The zero-order chi connectivity index (χ0) is 25.1. The summed E-state index contributed by atoms with van der Waals surface area (Å²) in [4.78, 5) is 28.8. The lowest BCUT2D eigenvalue weighted by Crippen LogP contribution is -2.48. The van der Waals surface area contributed by atoms with E-state index in [2.05, 4.69) is 10.2 Å². The highest BCUT2D eigenvalue weighted by molar-refractivity contribution is 6.35. The minimum absolute atomic E-state index is 0.0187.